The highest BCUT2D eigenvalue weighted by atomic mass is 19.3. The predicted octanol–water partition coefficient (Wildman–Crippen LogP) is 5.16. The second-order valence-corrected chi connectivity index (χ2v) is 8.03. The number of alkyl halides is 6. The fourth-order valence-electron chi connectivity index (χ4n) is 4.37. The van der Waals surface area contributed by atoms with E-state index >= 15 is 0 Å². The lowest BCUT2D eigenvalue weighted by Gasteiger charge is -2.39. The maximum absolute atomic E-state index is 14.2. The number of carbonyl (C=O) groups excluding carboxylic acids is 1. The summed E-state index contributed by atoms with van der Waals surface area (Å²) in [6, 6.07) is 0. The molecule has 0 radical (unpaired) electrons. The Hall–Kier alpha value is -0.950. The van der Waals surface area contributed by atoms with Gasteiger partial charge in [0.1, 0.15) is 0 Å². The van der Waals surface area contributed by atoms with Gasteiger partial charge in [0.05, 0.1) is 12.3 Å². The second kappa shape index (κ2) is 6.34. The van der Waals surface area contributed by atoms with Crippen molar-refractivity contribution in [2.45, 2.75) is 70.8 Å². The van der Waals surface area contributed by atoms with Crippen LogP contribution in [0.4, 0.5) is 26.3 Å². The number of esters is 1. The van der Waals surface area contributed by atoms with Crippen LogP contribution >= 0.6 is 0 Å². The molecule has 0 saturated heterocycles. The molecule has 0 aliphatic heterocycles. The molecule has 0 heterocycles. The first-order valence-electron chi connectivity index (χ1n) is 8.48. The Morgan fingerprint density at radius 2 is 1.64 bits per heavy atom. The Morgan fingerprint density at radius 3 is 2.08 bits per heavy atom. The fraction of sp³-hybridized carbons (Fsp3) is 0.941. The van der Waals surface area contributed by atoms with Gasteiger partial charge in [0.25, 0.3) is 0 Å². The van der Waals surface area contributed by atoms with E-state index in [0.29, 0.717) is 32.1 Å². The molecule has 0 amide bonds. The van der Waals surface area contributed by atoms with Gasteiger partial charge in [0, 0.05) is 0 Å². The number of carbonyl (C=O) groups is 1. The van der Waals surface area contributed by atoms with Gasteiger partial charge in [-0.15, -0.1) is 0 Å². The summed E-state index contributed by atoms with van der Waals surface area (Å²) in [5.74, 6) is -10.5. The molecular formula is C17H24F6O2. The fourth-order valence-corrected chi connectivity index (χ4v) is 4.37. The van der Waals surface area contributed by atoms with Gasteiger partial charge in [0.2, 0.25) is 6.43 Å². The van der Waals surface area contributed by atoms with Crippen LogP contribution in [0.15, 0.2) is 0 Å². The van der Waals surface area contributed by atoms with Crippen molar-refractivity contribution in [1.82, 2.24) is 0 Å². The van der Waals surface area contributed by atoms with Crippen LogP contribution in [0.2, 0.25) is 0 Å². The highest BCUT2D eigenvalue weighted by Crippen LogP contribution is 2.56. The average molecular weight is 374 g/mol. The molecule has 0 N–H and O–H groups in total. The summed E-state index contributed by atoms with van der Waals surface area (Å²) < 4.78 is 84.8. The van der Waals surface area contributed by atoms with Crippen LogP contribution in [0.25, 0.3) is 0 Å². The number of hydrogen-bond donors (Lipinski definition) is 0. The van der Waals surface area contributed by atoms with Gasteiger partial charge < -0.3 is 4.74 Å². The zero-order valence-corrected chi connectivity index (χ0v) is 14.7. The number of halogens is 6. The summed E-state index contributed by atoms with van der Waals surface area (Å²) in [6.45, 7) is 5.33. The SMILES string of the molecule is CC1C2CC(C(=O)OC(C)(C)C(F)(F)C(F)(F)CC(F)F)C(C2)C1C. The topological polar surface area (TPSA) is 26.3 Å². The Bertz CT molecular complexity index is 517. The largest absolute Gasteiger partial charge is 0.453 e. The van der Waals surface area contributed by atoms with E-state index in [9.17, 15) is 31.1 Å². The molecule has 146 valence electrons. The summed E-state index contributed by atoms with van der Waals surface area (Å²) in [4.78, 5) is 12.4. The van der Waals surface area contributed by atoms with Crippen LogP contribution in [0.5, 0.6) is 0 Å². The van der Waals surface area contributed by atoms with Crippen molar-refractivity contribution in [1.29, 1.82) is 0 Å². The molecule has 8 heteroatoms. The van der Waals surface area contributed by atoms with E-state index in [1.165, 1.54) is 0 Å². The lowest BCUT2D eigenvalue weighted by Crippen LogP contribution is -2.58. The summed E-state index contributed by atoms with van der Waals surface area (Å²) in [7, 11) is 0. The molecule has 2 nitrogen and oxygen atoms in total. The number of rotatable bonds is 6. The van der Waals surface area contributed by atoms with E-state index in [-0.39, 0.29) is 11.8 Å². The minimum Gasteiger partial charge on any atom is -0.453 e. The Kier molecular flexibility index (Phi) is 5.16. The van der Waals surface area contributed by atoms with E-state index in [1.54, 1.807) is 0 Å². The molecule has 0 aromatic rings. The average Bonchev–Trinajstić information content (AvgIpc) is 2.97. The van der Waals surface area contributed by atoms with Crippen LogP contribution in [-0.4, -0.2) is 29.8 Å². The number of ether oxygens (including phenoxy) is 1. The predicted molar refractivity (Wildman–Crippen MR) is 78.7 cm³/mol. The third-order valence-electron chi connectivity index (χ3n) is 6.18. The Morgan fingerprint density at radius 1 is 1.08 bits per heavy atom. The third-order valence-corrected chi connectivity index (χ3v) is 6.18. The Balaban J connectivity index is 2.11. The molecule has 5 atom stereocenters. The van der Waals surface area contributed by atoms with Crippen molar-refractivity contribution in [3.8, 4) is 0 Å². The molecule has 25 heavy (non-hydrogen) atoms. The van der Waals surface area contributed by atoms with Crippen molar-refractivity contribution in [3.63, 3.8) is 0 Å². The van der Waals surface area contributed by atoms with Crippen LogP contribution in [0.3, 0.4) is 0 Å². The lowest BCUT2D eigenvalue weighted by atomic mass is 9.75. The van der Waals surface area contributed by atoms with Gasteiger partial charge in [-0.05, 0) is 50.4 Å². The van der Waals surface area contributed by atoms with Gasteiger partial charge in [0.15, 0.2) is 5.60 Å². The molecular weight excluding hydrogens is 350 g/mol. The highest BCUT2D eigenvalue weighted by molar-refractivity contribution is 5.74. The van der Waals surface area contributed by atoms with E-state index in [2.05, 4.69) is 6.92 Å². The summed E-state index contributed by atoms with van der Waals surface area (Å²) in [5.41, 5.74) is -2.89. The molecule has 2 aliphatic carbocycles. The van der Waals surface area contributed by atoms with Gasteiger partial charge in [-0.1, -0.05) is 13.8 Å². The molecule has 2 saturated carbocycles. The summed E-state index contributed by atoms with van der Waals surface area (Å²) in [6.07, 6.45) is -4.60. The standard InChI is InChI=1S/C17H24F6O2/c1-8-9(2)11-5-10(8)6-12(11)14(24)25-15(3,4)17(22,23)16(20,21)7-13(18)19/h8-13H,5-7H2,1-4H3. The molecule has 2 bridgehead atoms. The van der Waals surface area contributed by atoms with Crippen molar-refractivity contribution in [2.75, 3.05) is 0 Å². The van der Waals surface area contributed by atoms with E-state index in [1.807, 2.05) is 6.92 Å². The minimum atomic E-state index is -4.98. The Labute approximate surface area is 143 Å². The normalized spacial score (nSPS) is 33.2. The quantitative estimate of drug-likeness (QED) is 0.474. The third kappa shape index (κ3) is 3.37. The molecule has 0 spiro atoms. The first kappa shape index (κ1) is 20.4. The lowest BCUT2D eigenvalue weighted by molar-refractivity contribution is -0.296. The molecule has 2 aliphatic rings. The van der Waals surface area contributed by atoms with Crippen molar-refractivity contribution < 1.29 is 35.9 Å². The van der Waals surface area contributed by atoms with Gasteiger partial charge in [-0.2, -0.15) is 17.6 Å². The van der Waals surface area contributed by atoms with Crippen molar-refractivity contribution in [3.05, 3.63) is 0 Å². The van der Waals surface area contributed by atoms with Crippen LogP contribution in [-0.2, 0) is 9.53 Å². The van der Waals surface area contributed by atoms with Crippen molar-refractivity contribution in [2.24, 2.45) is 29.6 Å². The zero-order valence-electron chi connectivity index (χ0n) is 14.7. The van der Waals surface area contributed by atoms with Crippen LogP contribution in [0, 0.1) is 29.6 Å². The second-order valence-electron chi connectivity index (χ2n) is 8.03. The molecule has 2 fully saturated rings. The first-order valence-corrected chi connectivity index (χ1v) is 8.48. The zero-order chi connectivity index (χ0) is 19.4. The summed E-state index contributed by atoms with van der Waals surface area (Å²) in [5, 5.41) is 0. The first-order chi connectivity index (χ1) is 11.2. The van der Waals surface area contributed by atoms with Crippen LogP contribution in [0.1, 0.15) is 47.0 Å². The molecule has 0 aromatic carbocycles. The number of fused-ring (bicyclic) bond motifs is 2. The summed E-state index contributed by atoms with van der Waals surface area (Å²) >= 11 is 0. The van der Waals surface area contributed by atoms with Gasteiger partial charge >= 0.3 is 17.8 Å². The molecule has 5 unspecified atom stereocenters. The van der Waals surface area contributed by atoms with E-state index in [4.69, 9.17) is 4.74 Å². The maximum atomic E-state index is 14.2. The maximum Gasteiger partial charge on any atom is 0.348 e. The molecule has 2 rings (SSSR count). The van der Waals surface area contributed by atoms with E-state index in [0.717, 1.165) is 6.42 Å². The van der Waals surface area contributed by atoms with Gasteiger partial charge in [-0.3, -0.25) is 4.79 Å². The number of hydrogen-bond acceptors (Lipinski definition) is 2. The van der Waals surface area contributed by atoms with Gasteiger partial charge in [-0.25, -0.2) is 8.78 Å². The highest BCUT2D eigenvalue weighted by Gasteiger charge is 2.68. The van der Waals surface area contributed by atoms with Crippen LogP contribution < -0.4 is 0 Å². The smallest absolute Gasteiger partial charge is 0.348 e. The minimum absolute atomic E-state index is 0.0153. The van der Waals surface area contributed by atoms with Crippen molar-refractivity contribution >= 4 is 5.97 Å². The monoisotopic (exact) mass is 374 g/mol. The molecule has 0 aromatic heterocycles. The van der Waals surface area contributed by atoms with E-state index < -0.39 is 42.2 Å².